The molecule has 6 rings (SSSR count). The van der Waals surface area contributed by atoms with E-state index in [2.05, 4.69) is 6.58 Å². The smallest absolute Gasteiger partial charge is 0.338 e. The molecule has 0 amide bonds. The Morgan fingerprint density at radius 2 is 1.42 bits per heavy atom. The lowest BCUT2D eigenvalue weighted by Crippen LogP contribution is -2.83. The van der Waals surface area contributed by atoms with E-state index in [0.29, 0.717) is 0 Å². The van der Waals surface area contributed by atoms with Gasteiger partial charge in [-0.15, -0.1) is 0 Å². The molecule has 14 nitrogen and oxygen atoms in total. The van der Waals surface area contributed by atoms with E-state index in [-0.39, 0.29) is 37.2 Å². The van der Waals surface area contributed by atoms with Crippen molar-refractivity contribution in [2.45, 2.75) is 102 Å². The first-order valence-electron chi connectivity index (χ1n) is 18.8. The zero-order valence-electron chi connectivity index (χ0n) is 32.8. The van der Waals surface area contributed by atoms with Gasteiger partial charge in [0, 0.05) is 51.9 Å². The molecule has 4 fully saturated rings. The van der Waals surface area contributed by atoms with Crippen LogP contribution in [0.15, 0.2) is 78.9 Å². The number of ether oxygens (including phenoxy) is 7. The van der Waals surface area contributed by atoms with Crippen molar-refractivity contribution in [1.29, 1.82) is 0 Å². The number of Topliss-reactive ketones (excluding diaryl/α,β-unsaturated/α-hetero) is 1. The largest absolute Gasteiger partial charge is 0.461 e. The van der Waals surface area contributed by atoms with Crippen molar-refractivity contribution in [3.63, 3.8) is 0 Å². The zero-order chi connectivity index (χ0) is 41.5. The fourth-order valence-corrected chi connectivity index (χ4v) is 9.59. The Balaban J connectivity index is 1.66. The molecule has 0 radical (unpaired) electrons. The number of fused-ring (bicyclic) bond motifs is 1. The van der Waals surface area contributed by atoms with Gasteiger partial charge in [0.1, 0.15) is 17.8 Å². The Morgan fingerprint density at radius 1 is 0.842 bits per heavy atom. The Labute approximate surface area is 330 Å². The topological polar surface area (TPSA) is 187 Å². The second kappa shape index (κ2) is 15.6. The Kier molecular flexibility index (Phi) is 11.4. The third-order valence-electron chi connectivity index (χ3n) is 12.1. The molecule has 3 aliphatic carbocycles. The maximum Gasteiger partial charge on any atom is 0.338 e. The molecule has 1 aliphatic heterocycles. The predicted octanol–water partition coefficient (Wildman–Crippen LogP) is 4.11. The molecule has 57 heavy (non-hydrogen) atoms. The number of ketones is 1. The van der Waals surface area contributed by atoms with Gasteiger partial charge in [-0.1, -0.05) is 74.2 Å². The Hall–Kier alpha value is -5.18. The summed E-state index contributed by atoms with van der Waals surface area (Å²) in [5.41, 5.74) is -7.61. The number of aliphatic hydroxyl groups is 1. The van der Waals surface area contributed by atoms with Crippen LogP contribution < -0.4 is 0 Å². The molecule has 0 unspecified atom stereocenters. The van der Waals surface area contributed by atoms with Gasteiger partial charge in [-0.3, -0.25) is 24.0 Å². The summed E-state index contributed by atoms with van der Waals surface area (Å²) in [7, 11) is 0. The predicted molar refractivity (Wildman–Crippen MR) is 200 cm³/mol. The van der Waals surface area contributed by atoms with E-state index in [9.17, 15) is 33.9 Å². The molecule has 4 aliphatic rings. The summed E-state index contributed by atoms with van der Waals surface area (Å²) in [5, 5.41) is 13.4. The van der Waals surface area contributed by atoms with Crippen LogP contribution in [0.4, 0.5) is 0 Å². The van der Waals surface area contributed by atoms with Gasteiger partial charge in [0.2, 0.25) is 0 Å². The summed E-state index contributed by atoms with van der Waals surface area (Å²) in [6, 6.07) is 17.2. The fraction of sp³-hybridized carbons (Fsp3) is 0.488. The van der Waals surface area contributed by atoms with Crippen LogP contribution in [0, 0.1) is 17.3 Å². The average molecular weight is 789 g/mol. The maximum absolute atomic E-state index is 14.5. The van der Waals surface area contributed by atoms with E-state index in [1.54, 1.807) is 31.2 Å². The van der Waals surface area contributed by atoms with Gasteiger partial charge in [-0.05, 0) is 30.2 Å². The molecule has 1 saturated heterocycles. The van der Waals surface area contributed by atoms with Crippen molar-refractivity contribution in [3.8, 4) is 0 Å². The molecule has 1 N–H and O–H groups in total. The minimum Gasteiger partial charge on any atom is -0.461 e. The van der Waals surface area contributed by atoms with Crippen LogP contribution in [0.25, 0.3) is 6.08 Å². The normalized spacial score (nSPS) is 35.6. The average Bonchev–Trinajstić information content (AvgIpc) is 3.30. The minimum atomic E-state index is -2.54. The lowest BCUT2D eigenvalue weighted by Gasteiger charge is -2.64. The standard InChI is InChI=1S/C43H48O14/c1-24-32(51-20-14-17-29-15-10-8-11-16-29)22-34(53-25(2)44)42(57-39(49)30-18-12-9-13-19-30)35(24)36(54-26(3)45)31-21-33(48)41(7)43(50,40(31,6)23-52-41)38(56-28(5)47)37(42)55-27(4)46/h8-19,31-32,34-38,50H,1,20-23H2,2-7H3/b17-14+/t31-,32-,34-,35-,36+,37-,38-,40+,41+,42-,43-/m0/s1. The molecular formula is C43H48O14. The van der Waals surface area contributed by atoms with Crippen LogP contribution in [-0.2, 0) is 57.1 Å². The molecule has 14 heteroatoms. The highest BCUT2D eigenvalue weighted by Crippen LogP contribution is 2.66. The summed E-state index contributed by atoms with van der Waals surface area (Å²) in [6.45, 7) is 11.5. The van der Waals surface area contributed by atoms with Gasteiger partial charge in [0.05, 0.1) is 30.8 Å². The molecule has 2 aromatic carbocycles. The highest BCUT2D eigenvalue weighted by Gasteiger charge is 2.84. The van der Waals surface area contributed by atoms with E-state index in [4.69, 9.17) is 33.2 Å². The monoisotopic (exact) mass is 788 g/mol. The summed E-state index contributed by atoms with van der Waals surface area (Å²) >= 11 is 0. The molecule has 11 atom stereocenters. The first-order chi connectivity index (χ1) is 26.9. The van der Waals surface area contributed by atoms with Gasteiger partial charge in [0.25, 0.3) is 0 Å². The second-order valence-electron chi connectivity index (χ2n) is 15.5. The van der Waals surface area contributed by atoms with E-state index in [0.717, 1.165) is 33.3 Å². The van der Waals surface area contributed by atoms with E-state index < -0.39 is 100 Å². The van der Waals surface area contributed by atoms with Crippen molar-refractivity contribution < 1.29 is 67.0 Å². The third-order valence-corrected chi connectivity index (χ3v) is 12.1. The summed E-state index contributed by atoms with van der Waals surface area (Å²) in [5.74, 6) is -7.89. The van der Waals surface area contributed by atoms with Crippen LogP contribution >= 0.6 is 0 Å². The quantitative estimate of drug-likeness (QED) is 0.206. The van der Waals surface area contributed by atoms with Gasteiger partial charge < -0.3 is 38.3 Å². The number of rotatable bonds is 10. The Morgan fingerprint density at radius 3 is 2.02 bits per heavy atom. The highest BCUT2D eigenvalue weighted by atomic mass is 16.7. The highest BCUT2D eigenvalue weighted by molar-refractivity contribution is 5.92. The Bertz CT molecular complexity index is 1960. The van der Waals surface area contributed by atoms with Gasteiger partial charge in [-0.2, -0.15) is 0 Å². The van der Waals surface area contributed by atoms with Crippen molar-refractivity contribution in [2.75, 3.05) is 13.2 Å². The molecule has 304 valence electrons. The zero-order valence-corrected chi connectivity index (χ0v) is 32.8. The van der Waals surface area contributed by atoms with E-state index in [1.165, 1.54) is 19.1 Å². The molecule has 0 spiro atoms. The number of carbonyl (C=O) groups excluding carboxylic acids is 6. The second-order valence-corrected chi connectivity index (χ2v) is 15.5. The third kappa shape index (κ3) is 6.97. The molecule has 1 heterocycles. The molecule has 3 saturated carbocycles. The van der Waals surface area contributed by atoms with Crippen molar-refractivity contribution >= 4 is 41.7 Å². The van der Waals surface area contributed by atoms with Crippen LogP contribution in [0.5, 0.6) is 0 Å². The number of hydrogen-bond donors (Lipinski definition) is 1. The number of hydrogen-bond acceptors (Lipinski definition) is 14. The van der Waals surface area contributed by atoms with Crippen LogP contribution in [-0.4, -0.2) is 101 Å². The number of carbonyl (C=O) groups is 6. The van der Waals surface area contributed by atoms with E-state index in [1.807, 2.05) is 36.4 Å². The minimum absolute atomic E-state index is 0.0160. The molecule has 4 bridgehead atoms. The van der Waals surface area contributed by atoms with Crippen molar-refractivity contribution in [3.05, 3.63) is 90.0 Å². The van der Waals surface area contributed by atoms with Crippen LogP contribution in [0.2, 0.25) is 0 Å². The summed E-state index contributed by atoms with van der Waals surface area (Å²) < 4.78 is 43.5. The molecular weight excluding hydrogens is 740 g/mol. The van der Waals surface area contributed by atoms with E-state index >= 15 is 0 Å². The van der Waals surface area contributed by atoms with Crippen LogP contribution in [0.1, 0.15) is 70.3 Å². The lowest BCUT2D eigenvalue weighted by atomic mass is 9.45. The first-order valence-corrected chi connectivity index (χ1v) is 18.8. The maximum atomic E-state index is 14.5. The van der Waals surface area contributed by atoms with Gasteiger partial charge in [-0.25, -0.2) is 4.79 Å². The lowest BCUT2D eigenvalue weighted by molar-refractivity contribution is -0.311. The number of benzene rings is 2. The first kappa shape index (κ1) is 41.5. The fourth-order valence-electron chi connectivity index (χ4n) is 9.59. The van der Waals surface area contributed by atoms with Gasteiger partial charge >= 0.3 is 29.8 Å². The SMILES string of the molecule is C=C1[C@@H](OC/C=C/c2ccccc2)C[C@H](OC(C)=O)[C@@]2(OC(=O)c3ccccc3)[C@@H](OC(C)=O)[C@H](OC(C)=O)[C@@]3(O)[C@]4(C)OC[C@]3(C)[C@@H](CC4=O)[C@@H](OC(C)=O)[C@H]12. The van der Waals surface area contributed by atoms with Crippen molar-refractivity contribution in [2.24, 2.45) is 17.3 Å². The molecule has 2 aromatic rings. The number of esters is 5. The van der Waals surface area contributed by atoms with Crippen LogP contribution in [0.3, 0.4) is 0 Å². The molecule has 0 aromatic heterocycles. The summed E-state index contributed by atoms with van der Waals surface area (Å²) in [4.78, 5) is 81.9. The van der Waals surface area contributed by atoms with Gasteiger partial charge in [0.15, 0.2) is 29.2 Å². The van der Waals surface area contributed by atoms with Crippen molar-refractivity contribution in [1.82, 2.24) is 0 Å². The summed E-state index contributed by atoms with van der Waals surface area (Å²) in [6.07, 6.45) is -5.19.